The number of hydrogen-bond donors (Lipinski definition) is 1. The van der Waals surface area contributed by atoms with E-state index in [1.54, 1.807) is 36.4 Å². The van der Waals surface area contributed by atoms with Crippen LogP contribution in [0.5, 0.6) is 0 Å². The zero-order chi connectivity index (χ0) is 16.4. The average molecular weight is 323 g/mol. The molecule has 0 aliphatic carbocycles. The number of hydrazine groups is 1. The van der Waals surface area contributed by atoms with Gasteiger partial charge in [0, 0.05) is 0 Å². The number of benzene rings is 2. The molecule has 2 aromatic carbocycles. The van der Waals surface area contributed by atoms with E-state index in [0.717, 1.165) is 10.6 Å². The molecule has 6 heteroatoms. The first-order chi connectivity index (χ1) is 11.1. The lowest BCUT2D eigenvalue weighted by Crippen LogP contribution is -2.59. The van der Waals surface area contributed by atoms with Crippen LogP contribution < -0.4 is 10.7 Å². The number of hydrogen-bond acceptors (Lipinski definition) is 4. The lowest BCUT2D eigenvalue weighted by Gasteiger charge is -2.33. The third-order valence-corrected chi connectivity index (χ3v) is 3.78. The molecule has 5 nitrogen and oxygen atoms in total. The van der Waals surface area contributed by atoms with E-state index in [0.29, 0.717) is 5.69 Å². The van der Waals surface area contributed by atoms with Crippen LogP contribution in [-0.2, 0) is 9.59 Å². The van der Waals surface area contributed by atoms with Crippen molar-refractivity contribution in [2.45, 2.75) is 0 Å². The van der Waals surface area contributed by atoms with E-state index >= 15 is 0 Å². The average Bonchev–Trinajstić information content (AvgIpc) is 2.59. The van der Waals surface area contributed by atoms with Crippen molar-refractivity contribution in [1.82, 2.24) is 5.01 Å². The Morgan fingerprint density at radius 2 is 1.43 bits per heavy atom. The molecule has 0 atom stereocenters. The molecule has 1 saturated heterocycles. The second kappa shape index (κ2) is 6.12. The van der Waals surface area contributed by atoms with Gasteiger partial charge >= 0.3 is 0 Å². The van der Waals surface area contributed by atoms with Crippen molar-refractivity contribution in [2.24, 2.45) is 5.84 Å². The topological polar surface area (TPSA) is 66.6 Å². The molecule has 114 valence electrons. The predicted octanol–water partition coefficient (Wildman–Crippen LogP) is 2.10. The summed E-state index contributed by atoms with van der Waals surface area (Å²) < 4.78 is 0. The minimum absolute atomic E-state index is 0.0313. The summed E-state index contributed by atoms with van der Waals surface area (Å²) in [6.45, 7) is 0. The number of para-hydroxylation sites is 1. The number of carbonyl (C=O) groups is 2. The fraction of sp³-hybridized carbons (Fsp3) is 0. The highest BCUT2D eigenvalue weighted by atomic mass is 32.1. The molecule has 0 radical (unpaired) electrons. The predicted molar refractivity (Wildman–Crippen MR) is 92.0 cm³/mol. The molecule has 1 aliphatic rings. The number of thiocarbonyl (C=S) groups is 1. The van der Waals surface area contributed by atoms with E-state index in [-0.39, 0.29) is 10.7 Å². The molecule has 0 spiro atoms. The maximum absolute atomic E-state index is 12.8. The molecule has 3 rings (SSSR count). The van der Waals surface area contributed by atoms with Crippen molar-refractivity contribution in [2.75, 3.05) is 4.90 Å². The van der Waals surface area contributed by atoms with Crippen LogP contribution in [-0.4, -0.2) is 21.9 Å². The van der Waals surface area contributed by atoms with Crippen LogP contribution in [0.1, 0.15) is 5.56 Å². The number of anilines is 1. The summed E-state index contributed by atoms with van der Waals surface area (Å²) in [5.74, 6) is 4.66. The molecule has 0 bridgehead atoms. The van der Waals surface area contributed by atoms with E-state index in [2.05, 4.69) is 0 Å². The van der Waals surface area contributed by atoms with Crippen molar-refractivity contribution < 1.29 is 9.59 Å². The zero-order valence-electron chi connectivity index (χ0n) is 12.0. The molecule has 23 heavy (non-hydrogen) atoms. The van der Waals surface area contributed by atoms with Crippen LogP contribution in [0.25, 0.3) is 6.08 Å². The van der Waals surface area contributed by atoms with Crippen molar-refractivity contribution in [3.8, 4) is 0 Å². The lowest BCUT2D eigenvalue weighted by atomic mass is 10.1. The molecule has 0 aromatic heterocycles. The van der Waals surface area contributed by atoms with E-state index < -0.39 is 11.8 Å². The van der Waals surface area contributed by atoms with E-state index in [1.807, 2.05) is 24.3 Å². The number of amides is 2. The van der Waals surface area contributed by atoms with E-state index in [4.69, 9.17) is 18.1 Å². The Morgan fingerprint density at radius 3 is 2.04 bits per heavy atom. The number of carbonyl (C=O) groups excluding carboxylic acids is 2. The van der Waals surface area contributed by atoms with Crippen molar-refractivity contribution in [3.63, 3.8) is 0 Å². The summed E-state index contributed by atoms with van der Waals surface area (Å²) in [4.78, 5) is 26.3. The van der Waals surface area contributed by atoms with Gasteiger partial charge in [-0.3, -0.25) is 14.5 Å². The Kier molecular flexibility index (Phi) is 4.01. The second-order valence-corrected chi connectivity index (χ2v) is 5.27. The SMILES string of the molecule is NN1C(=O)/C(=C\c2ccccc2)C(=O)N(c2ccccc2)C1=S. The van der Waals surface area contributed by atoms with Gasteiger partial charge in [0.2, 0.25) is 5.11 Å². The second-order valence-electron chi connectivity index (χ2n) is 4.90. The van der Waals surface area contributed by atoms with Crippen LogP contribution in [0, 0.1) is 0 Å². The molecular weight excluding hydrogens is 310 g/mol. The van der Waals surface area contributed by atoms with Crippen molar-refractivity contribution >= 4 is 40.9 Å². The minimum Gasteiger partial charge on any atom is -0.268 e. The fourth-order valence-corrected chi connectivity index (χ4v) is 2.54. The zero-order valence-corrected chi connectivity index (χ0v) is 12.9. The third-order valence-electron chi connectivity index (χ3n) is 3.41. The molecule has 0 saturated carbocycles. The smallest absolute Gasteiger partial charge is 0.268 e. The summed E-state index contributed by atoms with van der Waals surface area (Å²) in [6.07, 6.45) is 1.52. The Hall–Kier alpha value is -2.83. The molecular formula is C17H13N3O2S. The monoisotopic (exact) mass is 323 g/mol. The first-order valence-electron chi connectivity index (χ1n) is 6.89. The van der Waals surface area contributed by atoms with Crippen LogP contribution in [0.15, 0.2) is 66.2 Å². The maximum Gasteiger partial charge on any atom is 0.280 e. The molecule has 2 aromatic rings. The Morgan fingerprint density at radius 1 is 0.870 bits per heavy atom. The van der Waals surface area contributed by atoms with Crippen molar-refractivity contribution in [3.05, 3.63) is 71.8 Å². The van der Waals surface area contributed by atoms with Gasteiger partial charge in [0.05, 0.1) is 5.69 Å². The van der Waals surface area contributed by atoms with Gasteiger partial charge in [0.1, 0.15) is 5.57 Å². The number of rotatable bonds is 2. The van der Waals surface area contributed by atoms with Gasteiger partial charge in [-0.2, -0.15) is 0 Å². The van der Waals surface area contributed by atoms with E-state index in [9.17, 15) is 9.59 Å². The molecule has 2 N–H and O–H groups in total. The summed E-state index contributed by atoms with van der Waals surface area (Å²) in [7, 11) is 0. The van der Waals surface area contributed by atoms with Gasteiger partial charge in [-0.1, -0.05) is 48.5 Å². The Balaban J connectivity index is 2.07. The molecule has 1 heterocycles. The molecule has 0 unspecified atom stereocenters. The first kappa shape index (κ1) is 15.1. The number of nitrogens with zero attached hydrogens (tertiary/aromatic N) is 2. The first-order valence-corrected chi connectivity index (χ1v) is 7.30. The highest BCUT2D eigenvalue weighted by Crippen LogP contribution is 2.24. The third kappa shape index (κ3) is 2.77. The Labute approximate surface area is 138 Å². The normalized spacial score (nSPS) is 17.1. The highest BCUT2D eigenvalue weighted by molar-refractivity contribution is 7.80. The van der Waals surface area contributed by atoms with Gasteiger partial charge in [-0.15, -0.1) is 0 Å². The standard InChI is InChI=1S/C17H13N3O2S/c18-20-16(22)14(11-12-7-3-1-4-8-12)15(21)19(17(20)23)13-9-5-2-6-10-13/h1-11H,18H2/b14-11-. The van der Waals surface area contributed by atoms with Crippen LogP contribution in [0.2, 0.25) is 0 Å². The quantitative estimate of drug-likeness (QED) is 0.302. The van der Waals surface area contributed by atoms with Crippen LogP contribution >= 0.6 is 12.2 Å². The largest absolute Gasteiger partial charge is 0.280 e. The maximum atomic E-state index is 12.8. The van der Waals surface area contributed by atoms with Gasteiger partial charge in [-0.05, 0) is 36.0 Å². The highest BCUT2D eigenvalue weighted by Gasteiger charge is 2.39. The van der Waals surface area contributed by atoms with E-state index in [1.165, 1.54) is 11.0 Å². The summed E-state index contributed by atoms with van der Waals surface area (Å²) in [6, 6.07) is 17.9. The van der Waals surface area contributed by atoms with Gasteiger partial charge in [0.25, 0.3) is 11.8 Å². The summed E-state index contributed by atoms with van der Waals surface area (Å²) >= 11 is 5.16. The summed E-state index contributed by atoms with van der Waals surface area (Å²) in [5, 5.41) is 0.773. The lowest BCUT2D eigenvalue weighted by molar-refractivity contribution is -0.128. The Bertz CT molecular complexity index is 803. The van der Waals surface area contributed by atoms with Gasteiger partial charge < -0.3 is 0 Å². The minimum atomic E-state index is -0.615. The molecule has 1 fully saturated rings. The molecule has 2 amide bonds. The van der Waals surface area contributed by atoms with Crippen LogP contribution in [0.4, 0.5) is 5.69 Å². The van der Waals surface area contributed by atoms with Crippen molar-refractivity contribution in [1.29, 1.82) is 0 Å². The fourth-order valence-electron chi connectivity index (χ4n) is 2.27. The summed E-state index contributed by atoms with van der Waals surface area (Å²) in [5.41, 5.74) is 1.26. The molecule has 1 aliphatic heterocycles. The number of nitrogens with two attached hydrogens (primary N) is 1. The van der Waals surface area contributed by atoms with Crippen LogP contribution in [0.3, 0.4) is 0 Å². The van der Waals surface area contributed by atoms with Gasteiger partial charge in [0.15, 0.2) is 0 Å². The van der Waals surface area contributed by atoms with Gasteiger partial charge in [-0.25, -0.2) is 10.9 Å².